The monoisotopic (exact) mass is 204 g/mol. The van der Waals surface area contributed by atoms with Crippen LogP contribution in [0.25, 0.3) is 5.41 Å². The molecule has 5 heteroatoms. The second-order valence-corrected chi connectivity index (χ2v) is 2.28. The standard InChI is InChI=1S/C6H4ClFO.CNS/c7-5-3-4(9)1-2-6(5)8;2-1-3/h1-3,9H;/q;-1. The Hall–Kier alpha value is -0.960. The Morgan fingerprint density at radius 1 is 1.58 bits per heavy atom. The maximum absolute atomic E-state index is 12.3. The lowest BCUT2D eigenvalue weighted by molar-refractivity contribution is 0.473. The fourth-order valence-electron chi connectivity index (χ4n) is 0.485. The van der Waals surface area contributed by atoms with Gasteiger partial charge in [0.25, 0.3) is 0 Å². The summed E-state index contributed by atoms with van der Waals surface area (Å²) < 4.78 is 12.3. The summed E-state index contributed by atoms with van der Waals surface area (Å²) in [5, 5.41) is 17.1. The van der Waals surface area contributed by atoms with Crippen LogP contribution in [-0.4, -0.2) is 10.3 Å². The molecule has 1 aromatic rings. The molecule has 0 spiro atoms. The molecule has 0 saturated heterocycles. The molecular formula is C7H4ClFNOS-. The first-order valence-corrected chi connectivity index (χ1v) is 3.55. The molecule has 64 valence electrons. The van der Waals surface area contributed by atoms with Crippen molar-refractivity contribution in [2.45, 2.75) is 0 Å². The van der Waals surface area contributed by atoms with Gasteiger partial charge >= 0.3 is 0 Å². The number of hydrogen-bond acceptors (Lipinski definition) is 2. The van der Waals surface area contributed by atoms with Gasteiger partial charge in [-0.3, -0.25) is 0 Å². The highest BCUT2D eigenvalue weighted by Crippen LogP contribution is 2.19. The molecule has 0 aliphatic heterocycles. The minimum Gasteiger partial charge on any atom is -0.753 e. The van der Waals surface area contributed by atoms with Gasteiger partial charge in [-0.1, -0.05) is 23.8 Å². The number of aromatic hydroxyl groups is 1. The average Bonchev–Trinajstić information content (AvgIpc) is 1.99. The molecular weight excluding hydrogens is 201 g/mol. The fourth-order valence-corrected chi connectivity index (χ4v) is 0.660. The Morgan fingerprint density at radius 3 is 2.42 bits per heavy atom. The SMILES string of the molecule is Oc1ccc(F)c(Cl)c1.[N-]=C=S. The zero-order valence-corrected chi connectivity index (χ0v) is 7.36. The van der Waals surface area contributed by atoms with E-state index in [1.165, 1.54) is 11.2 Å². The summed E-state index contributed by atoms with van der Waals surface area (Å²) in [6.45, 7) is 0. The van der Waals surface area contributed by atoms with Gasteiger partial charge in [0.1, 0.15) is 11.6 Å². The first-order chi connectivity index (χ1) is 5.61. The van der Waals surface area contributed by atoms with Crippen molar-refractivity contribution in [3.05, 3.63) is 34.4 Å². The first-order valence-electron chi connectivity index (χ1n) is 2.77. The van der Waals surface area contributed by atoms with Crippen LogP contribution in [-0.2, 0) is 0 Å². The lowest BCUT2D eigenvalue weighted by Gasteiger charge is -1.92. The minimum atomic E-state index is -0.519. The van der Waals surface area contributed by atoms with Crippen molar-refractivity contribution in [1.82, 2.24) is 0 Å². The third-order valence-electron chi connectivity index (χ3n) is 0.903. The molecule has 1 N–H and O–H groups in total. The van der Waals surface area contributed by atoms with E-state index < -0.39 is 5.82 Å². The second kappa shape index (κ2) is 5.66. The molecule has 0 radical (unpaired) electrons. The molecule has 12 heavy (non-hydrogen) atoms. The molecule has 0 unspecified atom stereocenters. The largest absolute Gasteiger partial charge is 0.753 e. The maximum Gasteiger partial charge on any atom is 0.142 e. The molecule has 1 aromatic carbocycles. The quantitative estimate of drug-likeness (QED) is 0.522. The van der Waals surface area contributed by atoms with E-state index in [9.17, 15) is 4.39 Å². The van der Waals surface area contributed by atoms with Crippen molar-refractivity contribution in [3.63, 3.8) is 0 Å². The first kappa shape index (κ1) is 11.0. The normalized spacial score (nSPS) is 7.83. The van der Waals surface area contributed by atoms with Gasteiger partial charge < -0.3 is 10.5 Å². The smallest absolute Gasteiger partial charge is 0.142 e. The number of benzene rings is 1. The zero-order chi connectivity index (χ0) is 9.56. The number of nitrogens with zero attached hydrogens (tertiary/aromatic N) is 1. The molecule has 2 nitrogen and oxygen atoms in total. The summed E-state index contributed by atoms with van der Waals surface area (Å²) in [7, 11) is 0. The third kappa shape index (κ3) is 4.03. The lowest BCUT2D eigenvalue weighted by atomic mass is 10.3. The van der Waals surface area contributed by atoms with Gasteiger partial charge in [0.2, 0.25) is 0 Å². The highest BCUT2D eigenvalue weighted by atomic mass is 35.5. The highest BCUT2D eigenvalue weighted by molar-refractivity contribution is 7.78. The van der Waals surface area contributed by atoms with Gasteiger partial charge in [-0.25, -0.2) is 4.39 Å². The van der Waals surface area contributed by atoms with E-state index in [1.807, 2.05) is 0 Å². The van der Waals surface area contributed by atoms with Gasteiger partial charge in [0, 0.05) is 6.07 Å². The number of rotatable bonds is 0. The van der Waals surface area contributed by atoms with E-state index in [-0.39, 0.29) is 10.8 Å². The van der Waals surface area contributed by atoms with E-state index in [0.717, 1.165) is 12.1 Å². The Balaban J connectivity index is 0.000000354. The Labute approximate surface area is 79.1 Å². The van der Waals surface area contributed by atoms with Crippen LogP contribution < -0.4 is 0 Å². The summed E-state index contributed by atoms with van der Waals surface area (Å²) in [5.41, 5.74) is 0. The molecule has 0 atom stereocenters. The lowest BCUT2D eigenvalue weighted by Crippen LogP contribution is -1.72. The maximum atomic E-state index is 12.3. The topological polar surface area (TPSA) is 42.5 Å². The predicted octanol–water partition coefficient (Wildman–Crippen LogP) is 2.84. The van der Waals surface area contributed by atoms with Crippen molar-refractivity contribution in [3.8, 4) is 5.75 Å². The van der Waals surface area contributed by atoms with Crippen LogP contribution in [0.5, 0.6) is 5.75 Å². The Morgan fingerprint density at radius 2 is 2.08 bits per heavy atom. The number of thiocarbonyl (C=S) groups is 1. The van der Waals surface area contributed by atoms with Crippen molar-refractivity contribution in [1.29, 1.82) is 0 Å². The number of isothiocyanates is 1. The van der Waals surface area contributed by atoms with Crippen LogP contribution in [0.15, 0.2) is 18.2 Å². The van der Waals surface area contributed by atoms with Crippen molar-refractivity contribution in [2.24, 2.45) is 0 Å². The molecule has 0 heterocycles. The summed E-state index contributed by atoms with van der Waals surface area (Å²) in [6.07, 6.45) is 0. The number of phenols is 1. The van der Waals surface area contributed by atoms with Crippen molar-refractivity contribution >= 4 is 29.0 Å². The predicted molar refractivity (Wildman–Crippen MR) is 49.0 cm³/mol. The van der Waals surface area contributed by atoms with E-state index >= 15 is 0 Å². The summed E-state index contributed by atoms with van der Waals surface area (Å²) in [4.78, 5) is 0. The summed E-state index contributed by atoms with van der Waals surface area (Å²) in [6, 6.07) is 3.50. The van der Waals surface area contributed by atoms with Crippen LogP contribution in [0.4, 0.5) is 4.39 Å². The molecule has 0 aliphatic rings. The number of hydrogen-bond donors (Lipinski definition) is 1. The molecule has 0 aliphatic carbocycles. The molecule has 0 bridgehead atoms. The van der Waals surface area contributed by atoms with Crippen molar-refractivity contribution in [2.75, 3.05) is 0 Å². The van der Waals surface area contributed by atoms with Crippen molar-refractivity contribution < 1.29 is 9.50 Å². The van der Waals surface area contributed by atoms with Crippen LogP contribution in [0, 0.1) is 5.82 Å². The Bertz CT molecular complexity index is 299. The van der Waals surface area contributed by atoms with Gasteiger partial charge in [-0.2, -0.15) is 5.16 Å². The summed E-state index contributed by atoms with van der Waals surface area (Å²) in [5.74, 6) is -0.545. The zero-order valence-electron chi connectivity index (χ0n) is 5.79. The van der Waals surface area contributed by atoms with Gasteiger partial charge in [0.05, 0.1) is 5.02 Å². The van der Waals surface area contributed by atoms with Crippen LogP contribution in [0.2, 0.25) is 5.02 Å². The van der Waals surface area contributed by atoms with Crippen LogP contribution in [0.1, 0.15) is 0 Å². The van der Waals surface area contributed by atoms with Gasteiger partial charge in [-0.05, 0) is 12.1 Å². The molecule has 0 saturated carbocycles. The number of halogens is 2. The van der Waals surface area contributed by atoms with Gasteiger partial charge in [-0.15, -0.1) is 0 Å². The minimum absolute atomic E-state index is 0.0265. The average molecular weight is 205 g/mol. The number of phenolic OH excluding ortho intramolecular Hbond substituents is 1. The van der Waals surface area contributed by atoms with E-state index in [0.29, 0.717) is 0 Å². The van der Waals surface area contributed by atoms with Crippen LogP contribution in [0.3, 0.4) is 0 Å². The molecule has 0 fully saturated rings. The van der Waals surface area contributed by atoms with E-state index in [4.69, 9.17) is 22.1 Å². The molecule has 0 amide bonds. The fraction of sp³-hybridized carbons (Fsp3) is 0. The van der Waals surface area contributed by atoms with Crippen LogP contribution >= 0.6 is 23.8 Å². The van der Waals surface area contributed by atoms with Gasteiger partial charge in [0.15, 0.2) is 0 Å². The van der Waals surface area contributed by atoms with E-state index in [2.05, 4.69) is 12.2 Å². The highest BCUT2D eigenvalue weighted by Gasteiger charge is 1.97. The molecule has 1 rings (SSSR count). The third-order valence-corrected chi connectivity index (χ3v) is 1.19. The molecule has 0 aromatic heterocycles. The van der Waals surface area contributed by atoms with E-state index in [1.54, 1.807) is 0 Å². The summed E-state index contributed by atoms with van der Waals surface area (Å²) >= 11 is 8.98. The Kier molecular flexibility index (Phi) is 5.21. The second-order valence-electron chi connectivity index (χ2n) is 1.69.